The molecule has 8 nitrogen and oxygen atoms in total. The quantitative estimate of drug-likeness (QED) is 0.465. The van der Waals surface area contributed by atoms with E-state index in [1.54, 1.807) is 13.0 Å². The van der Waals surface area contributed by atoms with Crippen molar-refractivity contribution in [3.8, 4) is 0 Å². The Balaban J connectivity index is 2.21. The fourth-order valence-corrected chi connectivity index (χ4v) is 2.47. The second kappa shape index (κ2) is 6.68. The molecule has 0 saturated carbocycles. The van der Waals surface area contributed by atoms with Crippen LogP contribution in [0.5, 0.6) is 0 Å². The van der Waals surface area contributed by atoms with Crippen molar-refractivity contribution >= 4 is 5.69 Å². The summed E-state index contributed by atoms with van der Waals surface area (Å²) < 4.78 is 0.827. The van der Waals surface area contributed by atoms with E-state index in [0.717, 1.165) is 37.5 Å². The maximum Gasteiger partial charge on any atom is 0.316 e. The van der Waals surface area contributed by atoms with Gasteiger partial charge in [-0.05, 0) is 19.9 Å². The summed E-state index contributed by atoms with van der Waals surface area (Å²) in [6.45, 7) is 8.37. The van der Waals surface area contributed by atoms with E-state index in [4.69, 9.17) is 0 Å². The van der Waals surface area contributed by atoms with E-state index in [0.29, 0.717) is 17.6 Å². The molecule has 116 valence electrons. The smallest absolute Gasteiger partial charge is 0.316 e. The highest BCUT2D eigenvalue weighted by Crippen LogP contribution is 2.12. The lowest BCUT2D eigenvalue weighted by Gasteiger charge is -2.26. The molecule has 1 aliphatic rings. The summed E-state index contributed by atoms with van der Waals surface area (Å²) in [7, 11) is 0. The van der Waals surface area contributed by atoms with Crippen molar-refractivity contribution in [3.63, 3.8) is 0 Å². The van der Waals surface area contributed by atoms with Gasteiger partial charge in [0, 0.05) is 32.7 Å². The molecule has 21 heavy (non-hydrogen) atoms. The Morgan fingerprint density at radius 2 is 2.10 bits per heavy atom. The van der Waals surface area contributed by atoms with Crippen LogP contribution in [-0.4, -0.2) is 59.0 Å². The van der Waals surface area contributed by atoms with Crippen LogP contribution in [-0.2, 0) is 0 Å². The van der Waals surface area contributed by atoms with Gasteiger partial charge in [0.15, 0.2) is 0 Å². The third-order valence-electron chi connectivity index (χ3n) is 3.67. The minimum Gasteiger partial charge on any atom is -0.428 e. The maximum absolute atomic E-state index is 11.2. The topological polar surface area (TPSA) is 95.9 Å². The standard InChI is InChI=1S/C13H21N5O3/c1-10-9-12(13(18(20)21)11(2)17(10)19)15-5-8-16-6-3-14-4-7-16/h9,14,19H,3-8H2,1-2H3. The Hall–Kier alpha value is -1.93. The van der Waals surface area contributed by atoms with E-state index in [-0.39, 0.29) is 11.4 Å². The number of aryl methyl sites for hydroxylation is 1. The van der Waals surface area contributed by atoms with Gasteiger partial charge in [-0.25, -0.2) is 0 Å². The van der Waals surface area contributed by atoms with Crippen LogP contribution < -0.4 is 10.7 Å². The van der Waals surface area contributed by atoms with Crippen molar-refractivity contribution in [2.45, 2.75) is 13.8 Å². The maximum atomic E-state index is 11.2. The second-order valence-corrected chi connectivity index (χ2v) is 5.15. The number of rotatable bonds is 4. The minimum atomic E-state index is -0.495. The minimum absolute atomic E-state index is 0.136. The van der Waals surface area contributed by atoms with E-state index in [1.807, 2.05) is 0 Å². The van der Waals surface area contributed by atoms with E-state index in [1.165, 1.54) is 6.92 Å². The number of nitro groups is 1. The third-order valence-corrected chi connectivity index (χ3v) is 3.67. The van der Waals surface area contributed by atoms with Crippen LogP contribution in [0.4, 0.5) is 5.69 Å². The average Bonchev–Trinajstić information content (AvgIpc) is 2.45. The molecule has 0 aliphatic carbocycles. The molecule has 0 radical (unpaired) electrons. The summed E-state index contributed by atoms with van der Waals surface area (Å²) in [5.74, 6) is 0. The zero-order valence-electron chi connectivity index (χ0n) is 12.4. The number of hydrogen-bond donors (Lipinski definition) is 2. The van der Waals surface area contributed by atoms with E-state index in [2.05, 4.69) is 15.2 Å². The fraction of sp³-hybridized carbons (Fsp3) is 0.615. The normalized spacial score (nSPS) is 17.1. The lowest BCUT2D eigenvalue weighted by molar-refractivity contribution is -0.387. The molecule has 1 fully saturated rings. The molecule has 0 bridgehead atoms. The molecule has 1 aliphatic heterocycles. The van der Waals surface area contributed by atoms with Gasteiger partial charge in [-0.3, -0.25) is 20.0 Å². The van der Waals surface area contributed by atoms with Gasteiger partial charge in [-0.2, -0.15) is 4.73 Å². The number of hydrogen-bond acceptors (Lipinski definition) is 6. The monoisotopic (exact) mass is 295 g/mol. The van der Waals surface area contributed by atoms with Crippen molar-refractivity contribution in [3.05, 3.63) is 32.9 Å². The highest BCUT2D eigenvalue weighted by atomic mass is 16.6. The zero-order chi connectivity index (χ0) is 15.4. The van der Waals surface area contributed by atoms with Crippen LogP contribution in [0.15, 0.2) is 11.1 Å². The van der Waals surface area contributed by atoms with Crippen LogP contribution in [0.1, 0.15) is 11.4 Å². The van der Waals surface area contributed by atoms with Crippen LogP contribution in [0, 0.1) is 24.0 Å². The molecule has 2 N–H and O–H groups in total. The molecule has 1 aromatic heterocycles. The van der Waals surface area contributed by atoms with Crippen molar-refractivity contribution in [1.82, 2.24) is 14.9 Å². The molecule has 0 aromatic carbocycles. The van der Waals surface area contributed by atoms with Gasteiger partial charge in [-0.1, -0.05) is 0 Å². The van der Waals surface area contributed by atoms with E-state index >= 15 is 0 Å². The fourth-order valence-electron chi connectivity index (χ4n) is 2.47. The molecular weight excluding hydrogens is 274 g/mol. The summed E-state index contributed by atoms with van der Waals surface area (Å²) in [4.78, 5) is 17.3. The molecule has 0 spiro atoms. The van der Waals surface area contributed by atoms with Gasteiger partial charge in [-0.15, -0.1) is 0 Å². The van der Waals surface area contributed by atoms with Gasteiger partial charge in [0.1, 0.15) is 11.1 Å². The van der Waals surface area contributed by atoms with Crippen LogP contribution in [0.2, 0.25) is 0 Å². The first-order valence-electron chi connectivity index (χ1n) is 7.01. The number of nitrogens with one attached hydrogen (secondary N) is 1. The molecule has 2 rings (SSSR count). The lowest BCUT2D eigenvalue weighted by Crippen LogP contribution is -2.44. The van der Waals surface area contributed by atoms with Crippen LogP contribution >= 0.6 is 0 Å². The third kappa shape index (κ3) is 3.59. The van der Waals surface area contributed by atoms with E-state index < -0.39 is 4.92 Å². The summed E-state index contributed by atoms with van der Waals surface area (Å²) in [6.07, 6.45) is 0. The molecule has 2 heterocycles. The van der Waals surface area contributed by atoms with Crippen LogP contribution in [0.25, 0.3) is 0 Å². The SMILES string of the molecule is Cc1cc(=NCCN2CCNCC2)c([N+](=O)[O-])c(C)n1O. The number of aromatic nitrogens is 1. The second-order valence-electron chi connectivity index (χ2n) is 5.15. The molecule has 0 amide bonds. The Kier molecular flexibility index (Phi) is 4.92. The first-order valence-corrected chi connectivity index (χ1v) is 7.01. The predicted octanol–water partition coefficient (Wildman–Crippen LogP) is 0.0563. The first-order chi connectivity index (χ1) is 10.0. The van der Waals surface area contributed by atoms with Crippen molar-refractivity contribution in [1.29, 1.82) is 0 Å². The molecule has 1 aromatic rings. The summed E-state index contributed by atoms with van der Waals surface area (Å²) in [5.41, 5.74) is 0.586. The van der Waals surface area contributed by atoms with Gasteiger partial charge < -0.3 is 10.5 Å². The van der Waals surface area contributed by atoms with Crippen molar-refractivity contribution in [2.75, 3.05) is 39.3 Å². The van der Waals surface area contributed by atoms with Crippen LogP contribution in [0.3, 0.4) is 0 Å². The largest absolute Gasteiger partial charge is 0.428 e. The Labute approximate surface area is 122 Å². The van der Waals surface area contributed by atoms with Crippen molar-refractivity contribution < 1.29 is 10.1 Å². The Bertz CT molecular complexity index is 590. The number of piperazine rings is 1. The number of nitrogens with zero attached hydrogens (tertiary/aromatic N) is 4. The summed E-state index contributed by atoms with van der Waals surface area (Å²) >= 11 is 0. The summed E-state index contributed by atoms with van der Waals surface area (Å²) in [6, 6.07) is 1.54. The Morgan fingerprint density at radius 3 is 2.71 bits per heavy atom. The average molecular weight is 295 g/mol. The van der Waals surface area contributed by atoms with Gasteiger partial charge in [0.25, 0.3) is 0 Å². The lowest BCUT2D eigenvalue weighted by atomic mass is 10.2. The van der Waals surface area contributed by atoms with Gasteiger partial charge in [0.05, 0.1) is 17.2 Å². The molecule has 0 unspecified atom stereocenters. The van der Waals surface area contributed by atoms with Gasteiger partial charge >= 0.3 is 5.69 Å². The molecular formula is C13H21N5O3. The molecule has 1 saturated heterocycles. The summed E-state index contributed by atoms with van der Waals surface area (Å²) in [5, 5.41) is 24.5. The van der Waals surface area contributed by atoms with Crippen molar-refractivity contribution in [2.24, 2.45) is 4.99 Å². The highest BCUT2D eigenvalue weighted by molar-refractivity contribution is 5.35. The number of pyridine rings is 1. The molecule has 8 heteroatoms. The van der Waals surface area contributed by atoms with E-state index in [9.17, 15) is 15.3 Å². The molecule has 0 atom stereocenters. The van der Waals surface area contributed by atoms with Gasteiger partial charge in [0.2, 0.25) is 0 Å². The Morgan fingerprint density at radius 1 is 1.43 bits per heavy atom. The highest BCUT2D eigenvalue weighted by Gasteiger charge is 2.18. The first kappa shape index (κ1) is 15.5. The predicted molar refractivity (Wildman–Crippen MR) is 77.5 cm³/mol. The zero-order valence-corrected chi connectivity index (χ0v) is 12.4.